The first-order valence-corrected chi connectivity index (χ1v) is 7.50. The minimum Gasteiger partial charge on any atom is -0.310 e. The summed E-state index contributed by atoms with van der Waals surface area (Å²) < 4.78 is 0. The highest BCUT2D eigenvalue weighted by atomic mass is 35.5. The predicted octanol–water partition coefficient (Wildman–Crippen LogP) is 4.27. The highest BCUT2D eigenvalue weighted by Gasteiger charge is 2.19. The van der Waals surface area contributed by atoms with Crippen molar-refractivity contribution in [2.24, 2.45) is 5.92 Å². The standard InChI is InChI=1S/C16H21ClN2/c1-12(14-5-3-2-4-6-14)19-11-15-8-7-13(10-18)9-16(15)17/h7-9,12,14,19H,2-6,11H2,1H3/t12-/m1/s1. The average molecular weight is 277 g/mol. The lowest BCUT2D eigenvalue weighted by Gasteiger charge is -2.28. The lowest BCUT2D eigenvalue weighted by molar-refractivity contribution is 0.280. The number of hydrogen-bond donors (Lipinski definition) is 1. The summed E-state index contributed by atoms with van der Waals surface area (Å²) in [6.45, 7) is 3.05. The fourth-order valence-corrected chi connectivity index (χ4v) is 3.08. The Balaban J connectivity index is 1.89. The van der Waals surface area contributed by atoms with Crippen molar-refractivity contribution >= 4 is 11.6 Å². The van der Waals surface area contributed by atoms with Crippen LogP contribution in [0.5, 0.6) is 0 Å². The van der Waals surface area contributed by atoms with Crippen molar-refractivity contribution in [2.75, 3.05) is 0 Å². The van der Waals surface area contributed by atoms with Crippen molar-refractivity contribution in [2.45, 2.75) is 51.6 Å². The average Bonchev–Trinajstić information content (AvgIpc) is 2.46. The van der Waals surface area contributed by atoms with Crippen molar-refractivity contribution in [3.05, 3.63) is 34.3 Å². The Kier molecular flexibility index (Phi) is 5.24. The van der Waals surface area contributed by atoms with Crippen molar-refractivity contribution in [1.82, 2.24) is 5.32 Å². The molecule has 0 saturated heterocycles. The van der Waals surface area contributed by atoms with Gasteiger partial charge in [0, 0.05) is 17.6 Å². The van der Waals surface area contributed by atoms with E-state index in [-0.39, 0.29) is 0 Å². The van der Waals surface area contributed by atoms with E-state index in [1.165, 1.54) is 32.1 Å². The molecule has 1 aliphatic rings. The first-order chi connectivity index (χ1) is 9.20. The molecule has 2 nitrogen and oxygen atoms in total. The van der Waals surface area contributed by atoms with Crippen LogP contribution in [0.15, 0.2) is 18.2 Å². The Bertz CT molecular complexity index is 458. The third kappa shape index (κ3) is 3.96. The van der Waals surface area contributed by atoms with Gasteiger partial charge in [0.05, 0.1) is 11.6 Å². The number of benzene rings is 1. The minimum absolute atomic E-state index is 0.534. The second-order valence-electron chi connectivity index (χ2n) is 5.49. The number of nitrogens with one attached hydrogen (secondary N) is 1. The Morgan fingerprint density at radius 3 is 2.74 bits per heavy atom. The van der Waals surface area contributed by atoms with E-state index in [4.69, 9.17) is 16.9 Å². The zero-order valence-corrected chi connectivity index (χ0v) is 12.2. The number of nitrogens with zero attached hydrogens (tertiary/aromatic N) is 1. The van der Waals surface area contributed by atoms with Crippen LogP contribution in [0.4, 0.5) is 0 Å². The van der Waals surface area contributed by atoms with E-state index in [9.17, 15) is 0 Å². The number of rotatable bonds is 4. The highest BCUT2D eigenvalue weighted by molar-refractivity contribution is 6.31. The van der Waals surface area contributed by atoms with Crippen LogP contribution in [0.3, 0.4) is 0 Å². The van der Waals surface area contributed by atoms with E-state index in [1.54, 1.807) is 6.07 Å². The molecule has 0 aromatic heterocycles. The number of nitriles is 1. The zero-order valence-electron chi connectivity index (χ0n) is 11.5. The van der Waals surface area contributed by atoms with Gasteiger partial charge >= 0.3 is 0 Å². The lowest BCUT2D eigenvalue weighted by atomic mass is 9.84. The summed E-state index contributed by atoms with van der Waals surface area (Å²) in [5.74, 6) is 0.797. The molecule has 1 aromatic rings. The number of hydrogen-bond acceptors (Lipinski definition) is 2. The summed E-state index contributed by atoms with van der Waals surface area (Å²) in [6.07, 6.45) is 6.82. The summed E-state index contributed by atoms with van der Waals surface area (Å²) in [5, 5.41) is 13.1. The quantitative estimate of drug-likeness (QED) is 0.891. The van der Waals surface area contributed by atoms with Crippen LogP contribution >= 0.6 is 11.6 Å². The maximum Gasteiger partial charge on any atom is 0.0992 e. The summed E-state index contributed by atoms with van der Waals surface area (Å²) in [6, 6.07) is 8.15. The summed E-state index contributed by atoms with van der Waals surface area (Å²) >= 11 is 6.19. The van der Waals surface area contributed by atoms with E-state index in [0.29, 0.717) is 16.6 Å². The zero-order chi connectivity index (χ0) is 13.7. The molecule has 102 valence electrons. The van der Waals surface area contributed by atoms with Gasteiger partial charge in [-0.05, 0) is 43.4 Å². The van der Waals surface area contributed by atoms with Gasteiger partial charge < -0.3 is 5.32 Å². The molecule has 0 bridgehead atoms. The minimum atomic E-state index is 0.534. The van der Waals surface area contributed by atoms with E-state index in [2.05, 4.69) is 18.3 Å². The monoisotopic (exact) mass is 276 g/mol. The largest absolute Gasteiger partial charge is 0.310 e. The molecule has 0 aliphatic heterocycles. The van der Waals surface area contributed by atoms with Gasteiger partial charge in [0.25, 0.3) is 0 Å². The molecular weight excluding hydrogens is 256 g/mol. The van der Waals surface area contributed by atoms with Crippen LogP contribution < -0.4 is 5.32 Å². The van der Waals surface area contributed by atoms with Crippen LogP contribution in [0.1, 0.15) is 50.2 Å². The molecule has 3 heteroatoms. The molecule has 1 N–H and O–H groups in total. The normalized spacial score (nSPS) is 17.9. The van der Waals surface area contributed by atoms with Gasteiger partial charge in [-0.2, -0.15) is 5.26 Å². The van der Waals surface area contributed by atoms with Crippen LogP contribution in [-0.2, 0) is 6.54 Å². The molecular formula is C16H21ClN2. The van der Waals surface area contributed by atoms with Crippen LogP contribution in [0.25, 0.3) is 0 Å². The number of halogens is 1. The van der Waals surface area contributed by atoms with Gasteiger partial charge in [-0.3, -0.25) is 0 Å². The first kappa shape index (κ1) is 14.4. The van der Waals surface area contributed by atoms with Crippen LogP contribution in [-0.4, -0.2) is 6.04 Å². The summed E-state index contributed by atoms with van der Waals surface area (Å²) in [7, 11) is 0. The Morgan fingerprint density at radius 1 is 1.37 bits per heavy atom. The fourth-order valence-electron chi connectivity index (χ4n) is 2.83. The second kappa shape index (κ2) is 6.93. The van der Waals surface area contributed by atoms with Gasteiger partial charge in [0.2, 0.25) is 0 Å². The third-order valence-corrected chi connectivity index (χ3v) is 4.51. The first-order valence-electron chi connectivity index (χ1n) is 7.12. The molecule has 0 unspecified atom stereocenters. The molecule has 2 rings (SSSR count). The summed E-state index contributed by atoms with van der Waals surface area (Å²) in [5.41, 5.74) is 1.69. The molecule has 1 aliphatic carbocycles. The highest BCUT2D eigenvalue weighted by Crippen LogP contribution is 2.26. The van der Waals surface area contributed by atoms with Crippen molar-refractivity contribution in [3.63, 3.8) is 0 Å². The molecule has 0 heterocycles. The van der Waals surface area contributed by atoms with Gasteiger partial charge in [-0.15, -0.1) is 0 Å². The molecule has 0 amide bonds. The molecule has 1 saturated carbocycles. The van der Waals surface area contributed by atoms with Gasteiger partial charge in [0.1, 0.15) is 0 Å². The smallest absolute Gasteiger partial charge is 0.0992 e. The van der Waals surface area contributed by atoms with E-state index in [0.717, 1.165) is 18.0 Å². The molecule has 1 aromatic carbocycles. The topological polar surface area (TPSA) is 35.8 Å². The fraction of sp³-hybridized carbons (Fsp3) is 0.562. The maximum absolute atomic E-state index is 8.82. The second-order valence-corrected chi connectivity index (χ2v) is 5.89. The van der Waals surface area contributed by atoms with E-state index < -0.39 is 0 Å². The Labute approximate surface area is 120 Å². The SMILES string of the molecule is C[C@@H](NCc1ccc(C#N)cc1Cl)C1CCCCC1. The van der Waals surface area contributed by atoms with Crippen molar-refractivity contribution in [1.29, 1.82) is 5.26 Å². The lowest BCUT2D eigenvalue weighted by Crippen LogP contribution is -2.34. The third-order valence-electron chi connectivity index (χ3n) is 4.15. The van der Waals surface area contributed by atoms with Crippen molar-refractivity contribution < 1.29 is 0 Å². The molecule has 0 radical (unpaired) electrons. The Morgan fingerprint density at radius 2 is 2.11 bits per heavy atom. The molecule has 1 atom stereocenters. The van der Waals surface area contributed by atoms with E-state index in [1.807, 2.05) is 12.1 Å². The van der Waals surface area contributed by atoms with Gasteiger partial charge in [-0.1, -0.05) is 36.9 Å². The van der Waals surface area contributed by atoms with Gasteiger partial charge in [0.15, 0.2) is 0 Å². The van der Waals surface area contributed by atoms with Crippen LogP contribution in [0, 0.1) is 17.2 Å². The molecule has 1 fully saturated rings. The van der Waals surface area contributed by atoms with Crippen molar-refractivity contribution in [3.8, 4) is 6.07 Å². The molecule has 0 spiro atoms. The predicted molar refractivity (Wildman–Crippen MR) is 79.0 cm³/mol. The van der Waals surface area contributed by atoms with Crippen LogP contribution in [0.2, 0.25) is 5.02 Å². The molecule has 19 heavy (non-hydrogen) atoms. The Hall–Kier alpha value is -1.04. The van der Waals surface area contributed by atoms with E-state index >= 15 is 0 Å². The van der Waals surface area contributed by atoms with Gasteiger partial charge in [-0.25, -0.2) is 0 Å². The summed E-state index contributed by atoms with van der Waals surface area (Å²) in [4.78, 5) is 0. The maximum atomic E-state index is 8.82.